The topological polar surface area (TPSA) is 40.5 Å². The van der Waals surface area contributed by atoms with E-state index in [9.17, 15) is 9.90 Å². The van der Waals surface area contributed by atoms with Gasteiger partial charge in [-0.2, -0.15) is 0 Å². The van der Waals surface area contributed by atoms with Crippen molar-refractivity contribution >= 4 is 5.97 Å². The average molecular weight is 225 g/mol. The van der Waals surface area contributed by atoms with E-state index in [1.54, 1.807) is 0 Å². The van der Waals surface area contributed by atoms with E-state index in [2.05, 4.69) is 18.4 Å². The van der Waals surface area contributed by atoms with E-state index in [-0.39, 0.29) is 0 Å². The van der Waals surface area contributed by atoms with Gasteiger partial charge in [0.1, 0.15) is 5.54 Å². The molecule has 0 aromatic heterocycles. The highest BCUT2D eigenvalue weighted by Gasteiger charge is 2.46. The van der Waals surface area contributed by atoms with Gasteiger partial charge in [-0.3, -0.25) is 9.69 Å². The smallest absolute Gasteiger partial charge is 0.324 e. The maximum Gasteiger partial charge on any atom is 0.324 e. The molecule has 1 fully saturated rings. The molecule has 1 N–H and O–H groups in total. The van der Waals surface area contributed by atoms with Crippen molar-refractivity contribution in [2.24, 2.45) is 0 Å². The molecule has 0 bridgehead atoms. The zero-order chi connectivity index (χ0) is 12.0. The first-order valence-corrected chi connectivity index (χ1v) is 6.26. The van der Waals surface area contributed by atoms with Gasteiger partial charge < -0.3 is 5.11 Å². The summed E-state index contributed by atoms with van der Waals surface area (Å²) in [6.45, 7) is 7.58. The van der Waals surface area contributed by atoms with Crippen LogP contribution in [0, 0.1) is 0 Å². The van der Waals surface area contributed by atoms with Crippen LogP contribution in [0.2, 0.25) is 0 Å². The van der Waals surface area contributed by atoms with E-state index in [0.717, 1.165) is 51.6 Å². The number of hydrogen-bond acceptors (Lipinski definition) is 2. The Morgan fingerprint density at radius 2 is 2.38 bits per heavy atom. The number of allylic oxidation sites excluding steroid dienone is 1. The summed E-state index contributed by atoms with van der Waals surface area (Å²) in [5.41, 5.74) is -0.573. The van der Waals surface area contributed by atoms with Crippen LogP contribution in [0.4, 0.5) is 0 Å². The SMILES string of the molecule is C=CCCCN1CCCC1(CCC)C(=O)O. The summed E-state index contributed by atoms with van der Waals surface area (Å²) in [6.07, 6.45) is 7.42. The van der Waals surface area contributed by atoms with Gasteiger partial charge >= 0.3 is 5.97 Å². The maximum atomic E-state index is 11.5. The zero-order valence-corrected chi connectivity index (χ0v) is 10.2. The number of rotatable bonds is 7. The van der Waals surface area contributed by atoms with Crippen LogP contribution in [0.5, 0.6) is 0 Å². The lowest BCUT2D eigenvalue weighted by atomic mass is 9.90. The maximum absolute atomic E-state index is 11.5. The first kappa shape index (κ1) is 13.2. The minimum atomic E-state index is -0.634. The highest BCUT2D eigenvalue weighted by atomic mass is 16.4. The Balaban J connectivity index is 2.65. The molecule has 1 atom stereocenters. The monoisotopic (exact) mass is 225 g/mol. The van der Waals surface area contributed by atoms with Gasteiger partial charge in [-0.25, -0.2) is 0 Å². The van der Waals surface area contributed by atoms with E-state index in [0.29, 0.717) is 0 Å². The Hall–Kier alpha value is -0.830. The summed E-state index contributed by atoms with van der Waals surface area (Å²) in [6, 6.07) is 0. The van der Waals surface area contributed by atoms with E-state index in [4.69, 9.17) is 0 Å². The lowest BCUT2D eigenvalue weighted by Gasteiger charge is -2.34. The number of aliphatic carboxylic acids is 1. The van der Waals surface area contributed by atoms with Crippen LogP contribution >= 0.6 is 0 Å². The second-order valence-electron chi connectivity index (χ2n) is 4.61. The van der Waals surface area contributed by atoms with Crippen molar-refractivity contribution < 1.29 is 9.90 Å². The lowest BCUT2D eigenvalue weighted by Crippen LogP contribution is -2.50. The minimum Gasteiger partial charge on any atom is -0.480 e. The number of carboxylic acids is 1. The molecule has 0 amide bonds. The van der Waals surface area contributed by atoms with Crippen LogP contribution in [0.15, 0.2) is 12.7 Å². The molecule has 1 saturated heterocycles. The van der Waals surface area contributed by atoms with E-state index < -0.39 is 11.5 Å². The van der Waals surface area contributed by atoms with Crippen molar-refractivity contribution in [2.75, 3.05) is 13.1 Å². The van der Waals surface area contributed by atoms with E-state index in [1.165, 1.54) is 0 Å². The normalized spacial score (nSPS) is 25.8. The average Bonchev–Trinajstić information content (AvgIpc) is 2.64. The highest BCUT2D eigenvalue weighted by molar-refractivity contribution is 5.79. The van der Waals surface area contributed by atoms with Gasteiger partial charge in [0.05, 0.1) is 0 Å². The minimum absolute atomic E-state index is 0.573. The van der Waals surface area contributed by atoms with Crippen molar-refractivity contribution in [3.8, 4) is 0 Å². The van der Waals surface area contributed by atoms with Crippen molar-refractivity contribution in [1.82, 2.24) is 4.90 Å². The molecular weight excluding hydrogens is 202 g/mol. The van der Waals surface area contributed by atoms with Gasteiger partial charge in [0.25, 0.3) is 0 Å². The van der Waals surface area contributed by atoms with Crippen molar-refractivity contribution in [1.29, 1.82) is 0 Å². The molecule has 0 aromatic rings. The van der Waals surface area contributed by atoms with Gasteiger partial charge in [-0.05, 0) is 45.2 Å². The zero-order valence-electron chi connectivity index (χ0n) is 10.2. The third kappa shape index (κ3) is 2.64. The molecule has 3 nitrogen and oxygen atoms in total. The molecule has 0 aliphatic carbocycles. The number of hydrogen-bond donors (Lipinski definition) is 1. The van der Waals surface area contributed by atoms with Gasteiger partial charge in [0.2, 0.25) is 0 Å². The molecule has 1 unspecified atom stereocenters. The number of carbonyl (C=O) groups is 1. The molecule has 0 spiro atoms. The van der Waals surface area contributed by atoms with Gasteiger partial charge in [0, 0.05) is 0 Å². The van der Waals surface area contributed by atoms with Gasteiger partial charge in [-0.1, -0.05) is 19.4 Å². The molecule has 1 aliphatic rings. The van der Waals surface area contributed by atoms with Crippen LogP contribution in [-0.4, -0.2) is 34.6 Å². The Morgan fingerprint density at radius 3 is 2.94 bits per heavy atom. The van der Waals surface area contributed by atoms with Crippen LogP contribution in [0.25, 0.3) is 0 Å². The van der Waals surface area contributed by atoms with Gasteiger partial charge in [0.15, 0.2) is 0 Å². The summed E-state index contributed by atoms with van der Waals surface area (Å²) >= 11 is 0. The third-order valence-corrected chi connectivity index (χ3v) is 3.52. The second kappa shape index (κ2) is 6.04. The molecule has 0 aromatic carbocycles. The summed E-state index contributed by atoms with van der Waals surface area (Å²) < 4.78 is 0. The van der Waals surface area contributed by atoms with Gasteiger partial charge in [-0.15, -0.1) is 6.58 Å². The molecule has 0 saturated carbocycles. The fourth-order valence-electron chi connectivity index (χ4n) is 2.73. The van der Waals surface area contributed by atoms with E-state index in [1.807, 2.05) is 6.08 Å². The molecule has 1 heterocycles. The standard InChI is InChI=1S/C13H23NO2/c1-3-5-6-10-14-11-7-9-13(14,8-4-2)12(15)16/h3H,1,4-11H2,2H3,(H,15,16). The molecule has 0 radical (unpaired) electrons. The Bertz CT molecular complexity index is 252. The molecule has 92 valence electrons. The molecular formula is C13H23NO2. The van der Waals surface area contributed by atoms with Crippen molar-refractivity contribution in [3.63, 3.8) is 0 Å². The predicted octanol–water partition coefficient (Wildman–Crippen LogP) is 2.67. The number of unbranched alkanes of at least 4 members (excludes halogenated alkanes) is 1. The quantitative estimate of drug-likeness (QED) is 0.535. The van der Waals surface area contributed by atoms with Crippen LogP contribution in [0.3, 0.4) is 0 Å². The molecule has 16 heavy (non-hydrogen) atoms. The number of carboxylic acid groups (broad SMARTS) is 1. The summed E-state index contributed by atoms with van der Waals surface area (Å²) in [5.74, 6) is -0.634. The van der Waals surface area contributed by atoms with Crippen LogP contribution < -0.4 is 0 Å². The van der Waals surface area contributed by atoms with Crippen molar-refractivity contribution in [3.05, 3.63) is 12.7 Å². The summed E-state index contributed by atoms with van der Waals surface area (Å²) in [7, 11) is 0. The predicted molar refractivity (Wildman–Crippen MR) is 65.5 cm³/mol. The lowest BCUT2D eigenvalue weighted by molar-refractivity contribution is -0.150. The fraction of sp³-hybridized carbons (Fsp3) is 0.769. The second-order valence-corrected chi connectivity index (χ2v) is 4.61. The Labute approximate surface area is 98.1 Å². The number of nitrogens with zero attached hydrogens (tertiary/aromatic N) is 1. The summed E-state index contributed by atoms with van der Waals surface area (Å²) in [4.78, 5) is 13.7. The fourth-order valence-corrected chi connectivity index (χ4v) is 2.73. The van der Waals surface area contributed by atoms with Crippen molar-refractivity contribution in [2.45, 2.75) is 51.0 Å². The molecule has 1 rings (SSSR count). The summed E-state index contributed by atoms with van der Waals surface area (Å²) in [5, 5.41) is 9.46. The Morgan fingerprint density at radius 1 is 1.62 bits per heavy atom. The van der Waals surface area contributed by atoms with E-state index >= 15 is 0 Å². The van der Waals surface area contributed by atoms with Crippen LogP contribution in [0.1, 0.15) is 45.4 Å². The van der Waals surface area contributed by atoms with Crippen LogP contribution in [-0.2, 0) is 4.79 Å². The molecule has 1 aliphatic heterocycles. The Kier molecular flexibility index (Phi) is 5.00. The highest BCUT2D eigenvalue weighted by Crippen LogP contribution is 2.34. The number of likely N-dealkylation sites (tertiary alicyclic amines) is 1. The molecule has 3 heteroatoms. The first-order chi connectivity index (χ1) is 7.67. The first-order valence-electron chi connectivity index (χ1n) is 6.26. The third-order valence-electron chi connectivity index (χ3n) is 3.52. The largest absolute Gasteiger partial charge is 0.480 e.